The highest BCUT2D eigenvalue weighted by molar-refractivity contribution is 6.23. The third-order valence-electron chi connectivity index (χ3n) is 10.9. The van der Waals surface area contributed by atoms with E-state index >= 15 is 4.39 Å². The molecule has 2 saturated carbocycles. The fraction of sp³-hybridized carbons (Fsp3) is 0.457. The second kappa shape index (κ2) is 10.3. The van der Waals surface area contributed by atoms with Crippen molar-refractivity contribution in [2.24, 2.45) is 28.9 Å². The lowest BCUT2D eigenvalue weighted by Crippen LogP contribution is -2.59. The maximum atomic E-state index is 16.3. The van der Waals surface area contributed by atoms with Crippen LogP contribution in [-0.2, 0) is 22.6 Å². The highest BCUT2D eigenvalue weighted by Gasteiger charge is 2.62. The van der Waals surface area contributed by atoms with Gasteiger partial charge in [-0.3, -0.25) is 19.3 Å². The van der Waals surface area contributed by atoms with Gasteiger partial charge in [-0.05, 0) is 89.6 Å². The molecule has 0 spiro atoms. The zero-order valence-corrected chi connectivity index (χ0v) is 25.7. The molecule has 0 aliphatic heterocycles. The van der Waals surface area contributed by atoms with Crippen molar-refractivity contribution in [2.75, 3.05) is 14.1 Å². The second-order valence-corrected chi connectivity index (χ2v) is 13.8. The number of rotatable bonds is 8. The van der Waals surface area contributed by atoms with Gasteiger partial charge in [0.25, 0.3) is 5.91 Å². The summed E-state index contributed by atoms with van der Waals surface area (Å²) >= 11 is 0. The fourth-order valence-electron chi connectivity index (χ4n) is 8.29. The zero-order valence-electron chi connectivity index (χ0n) is 25.7. The van der Waals surface area contributed by atoms with E-state index in [9.17, 15) is 24.6 Å². The number of para-hydroxylation sites is 1. The third kappa shape index (κ3) is 4.44. The zero-order chi connectivity index (χ0) is 32.0. The van der Waals surface area contributed by atoms with Crippen LogP contribution >= 0.6 is 0 Å². The predicted molar refractivity (Wildman–Crippen MR) is 163 cm³/mol. The molecule has 2 aromatic carbocycles. The second-order valence-electron chi connectivity index (χ2n) is 13.8. The first-order chi connectivity index (χ1) is 21.4. The number of ether oxygens (including phenoxy) is 1. The molecule has 0 saturated heterocycles. The normalized spacial score (nSPS) is 28.5. The Labute approximate surface area is 260 Å². The summed E-state index contributed by atoms with van der Waals surface area (Å²) in [5, 5.41) is 26.0. The Morgan fingerprint density at radius 3 is 2.44 bits per heavy atom. The Kier molecular flexibility index (Phi) is 6.76. The van der Waals surface area contributed by atoms with E-state index in [0.29, 0.717) is 17.2 Å². The first kappa shape index (κ1) is 29.7. The van der Waals surface area contributed by atoms with Crippen molar-refractivity contribution < 1.29 is 33.7 Å². The minimum absolute atomic E-state index is 0.0272. The number of aliphatic hydroxyl groups is 1. The summed E-state index contributed by atoms with van der Waals surface area (Å²) < 4.78 is 22.7. The summed E-state index contributed by atoms with van der Waals surface area (Å²) in [7, 11) is 3.44. The van der Waals surface area contributed by atoms with E-state index in [1.165, 1.54) is 18.9 Å². The van der Waals surface area contributed by atoms with Crippen molar-refractivity contribution in [1.82, 2.24) is 10.2 Å². The van der Waals surface area contributed by atoms with Gasteiger partial charge in [0.05, 0.1) is 17.0 Å². The number of fused-ring (bicyclic) bond motifs is 3. The van der Waals surface area contributed by atoms with Gasteiger partial charge in [-0.25, -0.2) is 4.39 Å². The van der Waals surface area contributed by atoms with Gasteiger partial charge in [0, 0.05) is 34.7 Å². The molecule has 2 aromatic rings. The Bertz CT molecular complexity index is 1710. The fourth-order valence-corrected chi connectivity index (χ4v) is 8.29. The number of carbonyl (C=O) groups excluding carboxylic acids is 3. The van der Waals surface area contributed by atoms with Gasteiger partial charge in [0.2, 0.25) is 0 Å². The number of nitrogens with one attached hydrogen (secondary N) is 1. The molecule has 2 fully saturated rings. The Balaban J connectivity index is 1.38. The van der Waals surface area contributed by atoms with E-state index in [-0.39, 0.29) is 53.1 Å². The SMILES string of the molecule is CN(C)[C@@H]1C(O)=C(C(N)=O)C(=O)[C@@]2(C)C(Oc3ccccc3)=C3C(=O)c4c(O)cc(CNC5(C6CC6)CC5)c(F)c4C[C@H]3C[C@@H]12. The average Bonchev–Trinajstić information content (AvgIpc) is 3.91. The monoisotopic (exact) mass is 615 g/mol. The Hall–Kier alpha value is -4.02. The topological polar surface area (TPSA) is 142 Å². The number of hydrogen-bond donors (Lipinski definition) is 4. The molecule has 0 radical (unpaired) electrons. The molecule has 1 amide bonds. The molecule has 4 atom stereocenters. The van der Waals surface area contributed by atoms with Crippen molar-refractivity contribution in [1.29, 1.82) is 0 Å². The molecule has 10 heteroatoms. The molecule has 0 unspecified atom stereocenters. The van der Waals surface area contributed by atoms with Crippen molar-refractivity contribution in [3.8, 4) is 11.5 Å². The molecule has 9 nitrogen and oxygen atoms in total. The van der Waals surface area contributed by atoms with Crippen LogP contribution in [0.1, 0.15) is 60.5 Å². The van der Waals surface area contributed by atoms with Crippen LogP contribution in [0.5, 0.6) is 11.5 Å². The van der Waals surface area contributed by atoms with Crippen molar-refractivity contribution >= 4 is 17.5 Å². The standard InChI is InChI=1S/C35H38FN3O6/c1-34-22(28(39(2)3)30(42)26(31(34)43)33(37)44)14-17-13-21-25(29(41)24(17)32(34)45-20-7-5-4-6-8-20)23(40)15-18(27(21)36)16-38-35(11-12-35)19-9-10-19/h4-8,15,17,19,22,28,38,40,42H,9-14,16H2,1-3H3,(H2,37,44)/t17-,22-,28-,34-/m0/s1. The highest BCUT2D eigenvalue weighted by atomic mass is 19.1. The van der Waals surface area contributed by atoms with E-state index in [1.54, 1.807) is 56.3 Å². The summed E-state index contributed by atoms with van der Waals surface area (Å²) in [5.74, 6) is -3.94. The lowest BCUT2D eigenvalue weighted by atomic mass is 9.54. The quantitative estimate of drug-likeness (QED) is 0.326. The summed E-state index contributed by atoms with van der Waals surface area (Å²) in [6.07, 6.45) is 4.77. The van der Waals surface area contributed by atoms with Gasteiger partial charge >= 0.3 is 0 Å². The van der Waals surface area contributed by atoms with Gasteiger partial charge in [-0.2, -0.15) is 0 Å². The van der Waals surface area contributed by atoms with Crippen LogP contribution in [0.25, 0.3) is 0 Å². The number of amides is 1. The minimum atomic E-state index is -1.58. The summed E-state index contributed by atoms with van der Waals surface area (Å²) in [6.45, 7) is 1.86. The third-order valence-corrected chi connectivity index (χ3v) is 10.9. The molecular formula is C35H38FN3O6. The van der Waals surface area contributed by atoms with Gasteiger partial charge in [-0.15, -0.1) is 0 Å². The van der Waals surface area contributed by atoms with E-state index in [0.717, 1.165) is 12.8 Å². The Morgan fingerprint density at radius 2 is 1.84 bits per heavy atom. The van der Waals surface area contributed by atoms with Gasteiger partial charge in [-0.1, -0.05) is 18.2 Å². The van der Waals surface area contributed by atoms with Gasteiger partial charge < -0.3 is 26.0 Å². The summed E-state index contributed by atoms with van der Waals surface area (Å²) in [5.41, 5.74) is 4.05. The summed E-state index contributed by atoms with van der Waals surface area (Å²) in [4.78, 5) is 42.9. The van der Waals surface area contributed by atoms with E-state index in [2.05, 4.69) is 5.32 Å². The molecule has 45 heavy (non-hydrogen) atoms. The van der Waals surface area contributed by atoms with Crippen LogP contribution in [0.4, 0.5) is 4.39 Å². The number of carbonyl (C=O) groups is 3. The number of aromatic hydroxyl groups is 1. The molecule has 0 bridgehead atoms. The number of phenolic OH excluding ortho intramolecular Hbond substituents is 1. The molecular weight excluding hydrogens is 577 g/mol. The van der Waals surface area contributed by atoms with Crippen LogP contribution in [0.15, 0.2) is 59.1 Å². The number of primary amides is 1. The minimum Gasteiger partial charge on any atom is -0.510 e. The highest BCUT2D eigenvalue weighted by Crippen LogP contribution is 2.58. The molecule has 0 heterocycles. The van der Waals surface area contributed by atoms with Crippen LogP contribution < -0.4 is 15.8 Å². The van der Waals surface area contributed by atoms with Crippen LogP contribution in [0, 0.1) is 29.0 Å². The van der Waals surface area contributed by atoms with Crippen molar-refractivity contribution in [3.63, 3.8) is 0 Å². The number of ketones is 2. The number of allylic oxidation sites excluding steroid dienone is 2. The number of likely N-dealkylation sites (N-methyl/N-ethyl adjacent to an activating group) is 1. The average molecular weight is 616 g/mol. The maximum Gasteiger partial charge on any atom is 0.255 e. The number of aliphatic hydroxyl groups excluding tert-OH is 1. The number of halogens is 1. The molecule has 236 valence electrons. The number of hydrogen-bond acceptors (Lipinski definition) is 8. The molecule has 5 aliphatic rings. The number of nitrogens with two attached hydrogens (primary N) is 1. The number of phenols is 1. The predicted octanol–water partition coefficient (Wildman–Crippen LogP) is 4.09. The maximum absolute atomic E-state index is 16.3. The first-order valence-corrected chi connectivity index (χ1v) is 15.6. The Morgan fingerprint density at radius 1 is 1.16 bits per heavy atom. The van der Waals surface area contributed by atoms with Crippen LogP contribution in [-0.4, -0.2) is 58.3 Å². The van der Waals surface area contributed by atoms with E-state index in [4.69, 9.17) is 10.5 Å². The van der Waals surface area contributed by atoms with Crippen LogP contribution in [0.3, 0.4) is 0 Å². The van der Waals surface area contributed by atoms with E-state index < -0.39 is 57.9 Å². The smallest absolute Gasteiger partial charge is 0.255 e. The van der Waals surface area contributed by atoms with Crippen molar-refractivity contribution in [2.45, 2.75) is 63.6 Å². The lowest BCUT2D eigenvalue weighted by molar-refractivity contribution is -0.133. The van der Waals surface area contributed by atoms with Gasteiger partial charge in [0.1, 0.15) is 34.4 Å². The number of Topliss-reactive ketones (excluding diaryl/α,β-unsaturated/α-hetero) is 2. The number of benzene rings is 2. The largest absolute Gasteiger partial charge is 0.510 e. The molecule has 5 aliphatic carbocycles. The molecule has 0 aromatic heterocycles. The van der Waals surface area contributed by atoms with Gasteiger partial charge in [0.15, 0.2) is 11.6 Å². The number of nitrogens with zero attached hydrogens (tertiary/aromatic N) is 1. The lowest BCUT2D eigenvalue weighted by Gasteiger charge is -2.52. The van der Waals surface area contributed by atoms with Crippen molar-refractivity contribution in [3.05, 3.63) is 81.6 Å². The molecule has 7 rings (SSSR count). The van der Waals surface area contributed by atoms with Crippen LogP contribution in [0.2, 0.25) is 0 Å². The molecule has 5 N–H and O–H groups in total. The summed E-state index contributed by atoms with van der Waals surface area (Å²) in [6, 6.07) is 9.17. The van der Waals surface area contributed by atoms with E-state index in [1.807, 2.05) is 0 Å². The first-order valence-electron chi connectivity index (χ1n) is 15.6.